The molecule has 0 spiro atoms. The zero-order chi connectivity index (χ0) is 12.1. The van der Waals surface area contributed by atoms with E-state index in [4.69, 9.17) is 28.9 Å². The van der Waals surface area contributed by atoms with Crippen LogP contribution in [-0.4, -0.2) is 24.0 Å². The lowest BCUT2D eigenvalue weighted by Gasteiger charge is -2.09. The van der Waals surface area contributed by atoms with Crippen LogP contribution in [0.2, 0.25) is 10.0 Å². The number of carbonyl (C=O) groups is 1. The number of hydrogen-bond acceptors (Lipinski definition) is 4. The maximum Gasteiger partial charge on any atom is 0.216 e. The van der Waals surface area contributed by atoms with Gasteiger partial charge < -0.3 is 16.4 Å². The van der Waals surface area contributed by atoms with Crippen molar-refractivity contribution in [3.8, 4) is 0 Å². The highest BCUT2D eigenvalue weighted by Gasteiger charge is 2.06. The van der Waals surface area contributed by atoms with Gasteiger partial charge in [-0.15, -0.1) is 0 Å². The lowest BCUT2D eigenvalue weighted by Crippen LogP contribution is -2.26. The van der Waals surface area contributed by atoms with Gasteiger partial charge in [-0.2, -0.15) is 0 Å². The molecule has 5 nitrogen and oxygen atoms in total. The predicted octanol–water partition coefficient (Wildman–Crippen LogP) is 1.52. The molecule has 16 heavy (non-hydrogen) atoms. The average Bonchev–Trinajstić information content (AvgIpc) is 2.19. The molecule has 0 atom stereocenters. The Morgan fingerprint density at radius 2 is 2.12 bits per heavy atom. The standard InChI is InChI=1S/C9H12Cl2N4O/c1-5(16)13-2-3-14-9-7(11)4-6(10)8(12)15-9/h4H,2-3H2,1H3,(H,13,16)(H3,12,14,15). The summed E-state index contributed by atoms with van der Waals surface area (Å²) in [4.78, 5) is 14.6. The van der Waals surface area contributed by atoms with Crippen molar-refractivity contribution in [3.63, 3.8) is 0 Å². The minimum Gasteiger partial charge on any atom is -0.382 e. The van der Waals surface area contributed by atoms with Crippen LogP contribution < -0.4 is 16.4 Å². The lowest BCUT2D eigenvalue weighted by molar-refractivity contribution is -0.118. The largest absolute Gasteiger partial charge is 0.382 e. The summed E-state index contributed by atoms with van der Waals surface area (Å²) in [5.41, 5.74) is 5.53. The van der Waals surface area contributed by atoms with Gasteiger partial charge in [0, 0.05) is 20.0 Å². The highest BCUT2D eigenvalue weighted by molar-refractivity contribution is 6.37. The molecule has 1 rings (SSSR count). The number of aromatic nitrogens is 1. The van der Waals surface area contributed by atoms with E-state index in [0.29, 0.717) is 29.0 Å². The fraction of sp³-hybridized carbons (Fsp3) is 0.333. The van der Waals surface area contributed by atoms with Crippen molar-refractivity contribution < 1.29 is 4.79 Å². The van der Waals surface area contributed by atoms with Crippen LogP contribution in [0.15, 0.2) is 6.07 Å². The second-order valence-electron chi connectivity index (χ2n) is 3.10. The molecule has 88 valence electrons. The van der Waals surface area contributed by atoms with Crippen molar-refractivity contribution in [1.82, 2.24) is 10.3 Å². The first-order chi connectivity index (χ1) is 7.50. The molecule has 1 aromatic heterocycles. The Hall–Kier alpha value is -1.20. The molecule has 1 heterocycles. The maximum atomic E-state index is 10.6. The van der Waals surface area contributed by atoms with Gasteiger partial charge in [0.15, 0.2) is 0 Å². The molecule has 0 aromatic carbocycles. The van der Waals surface area contributed by atoms with Crippen LogP contribution in [0.4, 0.5) is 11.6 Å². The topological polar surface area (TPSA) is 80.0 Å². The molecule has 0 bridgehead atoms. The minimum atomic E-state index is -0.0866. The summed E-state index contributed by atoms with van der Waals surface area (Å²) in [5, 5.41) is 6.28. The van der Waals surface area contributed by atoms with Crippen LogP contribution in [0.1, 0.15) is 6.92 Å². The molecule has 7 heteroatoms. The van der Waals surface area contributed by atoms with Gasteiger partial charge in [-0.05, 0) is 6.07 Å². The van der Waals surface area contributed by atoms with Gasteiger partial charge in [0.2, 0.25) is 5.91 Å². The number of nitrogens with one attached hydrogen (secondary N) is 2. The SMILES string of the molecule is CC(=O)NCCNc1nc(N)c(Cl)cc1Cl. The lowest BCUT2D eigenvalue weighted by atomic mass is 10.4. The van der Waals surface area contributed by atoms with E-state index in [9.17, 15) is 4.79 Å². The van der Waals surface area contributed by atoms with E-state index in [0.717, 1.165) is 0 Å². The summed E-state index contributed by atoms with van der Waals surface area (Å²) in [5.74, 6) is 0.582. The molecule has 1 aromatic rings. The number of nitrogens with zero attached hydrogens (tertiary/aromatic N) is 1. The highest BCUT2D eigenvalue weighted by atomic mass is 35.5. The van der Waals surface area contributed by atoms with Gasteiger partial charge >= 0.3 is 0 Å². The molecule has 0 aliphatic rings. The molecular formula is C9H12Cl2N4O. The van der Waals surface area contributed by atoms with Gasteiger partial charge in [-0.25, -0.2) is 4.98 Å². The third kappa shape index (κ3) is 3.75. The fourth-order valence-electron chi connectivity index (χ4n) is 1.02. The fourth-order valence-corrected chi connectivity index (χ4v) is 1.45. The third-order valence-electron chi connectivity index (χ3n) is 1.75. The van der Waals surface area contributed by atoms with Gasteiger partial charge in [0.05, 0.1) is 10.0 Å². The van der Waals surface area contributed by atoms with Crippen molar-refractivity contribution in [2.75, 3.05) is 24.1 Å². The molecule has 0 saturated heterocycles. The summed E-state index contributed by atoms with van der Waals surface area (Å²) in [6, 6.07) is 1.52. The Balaban J connectivity index is 2.54. The predicted molar refractivity (Wildman–Crippen MR) is 65.8 cm³/mol. The number of carbonyl (C=O) groups excluding carboxylic acids is 1. The Labute approximate surface area is 103 Å². The highest BCUT2D eigenvalue weighted by Crippen LogP contribution is 2.26. The van der Waals surface area contributed by atoms with Crippen LogP contribution >= 0.6 is 23.2 Å². The Morgan fingerprint density at radius 3 is 2.75 bits per heavy atom. The second-order valence-corrected chi connectivity index (χ2v) is 3.91. The van der Waals surface area contributed by atoms with Crippen LogP contribution in [0.5, 0.6) is 0 Å². The second kappa shape index (κ2) is 5.77. The van der Waals surface area contributed by atoms with E-state index in [-0.39, 0.29) is 11.7 Å². The number of halogens is 2. The first kappa shape index (κ1) is 12.9. The van der Waals surface area contributed by atoms with E-state index in [2.05, 4.69) is 15.6 Å². The van der Waals surface area contributed by atoms with E-state index < -0.39 is 0 Å². The quantitative estimate of drug-likeness (QED) is 0.719. The molecular weight excluding hydrogens is 251 g/mol. The minimum absolute atomic E-state index is 0.0866. The number of hydrogen-bond donors (Lipinski definition) is 3. The van der Waals surface area contributed by atoms with Crippen molar-refractivity contribution in [3.05, 3.63) is 16.1 Å². The van der Waals surface area contributed by atoms with Crippen molar-refractivity contribution in [2.24, 2.45) is 0 Å². The van der Waals surface area contributed by atoms with Crippen molar-refractivity contribution >= 4 is 40.7 Å². The average molecular weight is 263 g/mol. The number of pyridine rings is 1. The van der Waals surface area contributed by atoms with Crippen molar-refractivity contribution in [1.29, 1.82) is 0 Å². The summed E-state index contributed by atoms with van der Waals surface area (Å²) in [6.45, 7) is 2.44. The molecule has 0 aliphatic carbocycles. The van der Waals surface area contributed by atoms with E-state index in [1.54, 1.807) is 0 Å². The molecule has 0 fully saturated rings. The summed E-state index contributed by atoms with van der Waals surface area (Å²) >= 11 is 11.6. The molecule has 0 unspecified atom stereocenters. The molecule has 0 saturated carbocycles. The number of nitrogens with two attached hydrogens (primary N) is 1. The number of rotatable bonds is 4. The van der Waals surface area contributed by atoms with E-state index in [1.807, 2.05) is 0 Å². The molecule has 0 aliphatic heterocycles. The summed E-state index contributed by atoms with van der Waals surface area (Å²) in [6.07, 6.45) is 0. The van der Waals surface area contributed by atoms with Crippen LogP contribution in [0.25, 0.3) is 0 Å². The molecule has 0 radical (unpaired) electrons. The number of anilines is 2. The maximum absolute atomic E-state index is 10.6. The first-order valence-corrected chi connectivity index (χ1v) is 5.36. The Morgan fingerprint density at radius 1 is 1.44 bits per heavy atom. The smallest absolute Gasteiger partial charge is 0.216 e. The van der Waals surface area contributed by atoms with Crippen molar-refractivity contribution in [2.45, 2.75) is 6.92 Å². The molecule has 1 amide bonds. The zero-order valence-electron chi connectivity index (χ0n) is 8.68. The van der Waals surface area contributed by atoms with Crippen LogP contribution in [0, 0.1) is 0 Å². The normalized spacial score (nSPS) is 9.94. The summed E-state index contributed by atoms with van der Waals surface area (Å²) < 4.78 is 0. The van der Waals surface area contributed by atoms with E-state index in [1.165, 1.54) is 13.0 Å². The van der Waals surface area contributed by atoms with E-state index >= 15 is 0 Å². The zero-order valence-corrected chi connectivity index (χ0v) is 10.2. The van der Waals surface area contributed by atoms with Crippen LogP contribution in [0.3, 0.4) is 0 Å². The number of amides is 1. The van der Waals surface area contributed by atoms with Crippen LogP contribution in [-0.2, 0) is 4.79 Å². The van der Waals surface area contributed by atoms with Gasteiger partial charge in [0.1, 0.15) is 11.6 Å². The summed E-state index contributed by atoms with van der Waals surface area (Å²) in [7, 11) is 0. The number of nitrogen functional groups attached to an aromatic ring is 1. The monoisotopic (exact) mass is 262 g/mol. The third-order valence-corrected chi connectivity index (χ3v) is 2.34. The van der Waals surface area contributed by atoms with Gasteiger partial charge in [-0.3, -0.25) is 4.79 Å². The molecule has 4 N–H and O–H groups in total. The Bertz CT molecular complexity index is 397. The Kier molecular flexibility index (Phi) is 4.64. The first-order valence-electron chi connectivity index (χ1n) is 4.60. The van der Waals surface area contributed by atoms with Gasteiger partial charge in [0.25, 0.3) is 0 Å². The van der Waals surface area contributed by atoms with Gasteiger partial charge in [-0.1, -0.05) is 23.2 Å².